The minimum absolute atomic E-state index is 0.190. The highest BCUT2D eigenvalue weighted by atomic mass is 35.5. The average molecular weight is 341 g/mol. The molecular formula is C17H13ClN4O2. The fraction of sp³-hybridized carbons (Fsp3) is 0.0588. The zero-order valence-electron chi connectivity index (χ0n) is 12.8. The summed E-state index contributed by atoms with van der Waals surface area (Å²) in [6.07, 6.45) is 4.25. The van der Waals surface area contributed by atoms with Gasteiger partial charge in [0.15, 0.2) is 0 Å². The zero-order valence-corrected chi connectivity index (χ0v) is 13.5. The quantitative estimate of drug-likeness (QED) is 0.726. The van der Waals surface area contributed by atoms with Crippen LogP contribution in [-0.4, -0.2) is 27.9 Å². The van der Waals surface area contributed by atoms with Gasteiger partial charge in [-0.05, 0) is 24.3 Å². The summed E-state index contributed by atoms with van der Waals surface area (Å²) in [6.45, 7) is 0. The van der Waals surface area contributed by atoms with E-state index in [0.29, 0.717) is 22.5 Å². The highest BCUT2D eigenvalue weighted by Crippen LogP contribution is 2.18. The molecule has 0 N–H and O–H groups in total. The molecule has 1 amide bonds. The molecule has 3 rings (SSSR count). The van der Waals surface area contributed by atoms with E-state index >= 15 is 0 Å². The lowest BCUT2D eigenvalue weighted by atomic mass is 10.3. The van der Waals surface area contributed by atoms with Crippen LogP contribution < -0.4 is 9.64 Å². The molecule has 0 bridgehead atoms. The third-order valence-electron chi connectivity index (χ3n) is 3.17. The number of pyridine rings is 1. The highest BCUT2D eigenvalue weighted by Gasteiger charge is 2.16. The van der Waals surface area contributed by atoms with Crippen molar-refractivity contribution in [1.82, 2.24) is 15.0 Å². The highest BCUT2D eigenvalue weighted by molar-refractivity contribution is 6.30. The summed E-state index contributed by atoms with van der Waals surface area (Å²) in [5.74, 6) is 1.10. The van der Waals surface area contributed by atoms with Crippen molar-refractivity contribution in [3.8, 4) is 11.6 Å². The fourth-order valence-electron chi connectivity index (χ4n) is 1.93. The summed E-state index contributed by atoms with van der Waals surface area (Å²) >= 11 is 5.79. The molecule has 0 fully saturated rings. The standard InChI is InChI=1S/C17H13ClN4O2/c1-22(15-8-7-12(18)9-20-15)17(23)14-10-21-16(11-19-14)24-13-5-3-2-4-6-13/h2-11H,1H3. The number of nitrogens with zero attached hydrogens (tertiary/aromatic N) is 4. The van der Waals surface area contributed by atoms with E-state index in [9.17, 15) is 4.79 Å². The third-order valence-corrected chi connectivity index (χ3v) is 3.40. The number of carbonyl (C=O) groups excluding carboxylic acids is 1. The second-order valence-electron chi connectivity index (χ2n) is 4.85. The minimum Gasteiger partial charge on any atom is -0.438 e. The van der Waals surface area contributed by atoms with Crippen LogP contribution >= 0.6 is 11.6 Å². The molecule has 120 valence electrons. The van der Waals surface area contributed by atoms with Gasteiger partial charge in [0, 0.05) is 13.2 Å². The van der Waals surface area contributed by atoms with Crippen LogP contribution in [0.2, 0.25) is 5.02 Å². The molecule has 0 unspecified atom stereocenters. The first-order valence-electron chi connectivity index (χ1n) is 7.08. The summed E-state index contributed by atoms with van der Waals surface area (Å²) < 4.78 is 5.55. The molecular weight excluding hydrogens is 328 g/mol. The second kappa shape index (κ2) is 7.06. The first-order valence-corrected chi connectivity index (χ1v) is 7.46. The van der Waals surface area contributed by atoms with Gasteiger partial charge in [-0.2, -0.15) is 0 Å². The maximum absolute atomic E-state index is 12.4. The van der Waals surface area contributed by atoms with Gasteiger partial charge in [-0.1, -0.05) is 29.8 Å². The van der Waals surface area contributed by atoms with Crippen LogP contribution in [0.4, 0.5) is 5.82 Å². The van der Waals surface area contributed by atoms with E-state index in [2.05, 4.69) is 15.0 Å². The molecule has 24 heavy (non-hydrogen) atoms. The van der Waals surface area contributed by atoms with Gasteiger partial charge < -0.3 is 4.74 Å². The number of benzene rings is 1. The first kappa shape index (κ1) is 15.9. The Morgan fingerprint density at radius 2 is 1.79 bits per heavy atom. The van der Waals surface area contributed by atoms with Crippen LogP contribution in [0.1, 0.15) is 10.5 Å². The lowest BCUT2D eigenvalue weighted by Gasteiger charge is -2.15. The molecule has 0 aliphatic carbocycles. The molecule has 3 aromatic rings. The predicted octanol–water partition coefficient (Wildman–Crippen LogP) is 3.59. The molecule has 0 saturated carbocycles. The number of halogens is 1. The van der Waals surface area contributed by atoms with Gasteiger partial charge in [0.25, 0.3) is 5.91 Å². The van der Waals surface area contributed by atoms with Crippen molar-refractivity contribution < 1.29 is 9.53 Å². The van der Waals surface area contributed by atoms with E-state index in [1.165, 1.54) is 23.5 Å². The second-order valence-corrected chi connectivity index (χ2v) is 5.29. The Balaban J connectivity index is 1.72. The van der Waals surface area contributed by atoms with Crippen molar-refractivity contribution in [2.75, 3.05) is 11.9 Å². The summed E-state index contributed by atoms with van der Waals surface area (Å²) in [5.41, 5.74) is 0.190. The van der Waals surface area contributed by atoms with Gasteiger partial charge in [-0.15, -0.1) is 0 Å². The van der Waals surface area contributed by atoms with Gasteiger partial charge in [-0.3, -0.25) is 9.69 Å². The fourth-order valence-corrected chi connectivity index (χ4v) is 2.04. The van der Waals surface area contributed by atoms with Crippen LogP contribution in [-0.2, 0) is 0 Å². The SMILES string of the molecule is CN(C(=O)c1cnc(Oc2ccccc2)cn1)c1ccc(Cl)cn1. The smallest absolute Gasteiger partial charge is 0.279 e. The van der Waals surface area contributed by atoms with Gasteiger partial charge in [0.05, 0.1) is 17.4 Å². The molecule has 6 nitrogen and oxygen atoms in total. The zero-order chi connectivity index (χ0) is 16.9. The number of ether oxygens (including phenoxy) is 1. The van der Waals surface area contributed by atoms with Crippen LogP contribution in [0.25, 0.3) is 0 Å². The Morgan fingerprint density at radius 3 is 2.42 bits per heavy atom. The van der Waals surface area contributed by atoms with Crippen molar-refractivity contribution >= 4 is 23.3 Å². The van der Waals surface area contributed by atoms with Crippen LogP contribution in [0.3, 0.4) is 0 Å². The monoisotopic (exact) mass is 340 g/mol. The average Bonchev–Trinajstić information content (AvgIpc) is 2.63. The van der Waals surface area contributed by atoms with Gasteiger partial charge in [0.2, 0.25) is 5.88 Å². The number of amides is 1. The summed E-state index contributed by atoms with van der Waals surface area (Å²) in [5, 5.41) is 0.502. The van der Waals surface area contributed by atoms with E-state index in [1.54, 1.807) is 31.3 Å². The maximum Gasteiger partial charge on any atom is 0.279 e. The lowest BCUT2D eigenvalue weighted by molar-refractivity contribution is 0.0987. The summed E-state index contributed by atoms with van der Waals surface area (Å²) in [4.78, 5) is 26.1. The normalized spacial score (nSPS) is 10.2. The Hall–Kier alpha value is -2.99. The Labute approximate surface area is 143 Å². The lowest BCUT2D eigenvalue weighted by Crippen LogP contribution is -2.27. The first-order chi connectivity index (χ1) is 11.6. The Morgan fingerprint density at radius 1 is 1.00 bits per heavy atom. The molecule has 0 radical (unpaired) electrons. The van der Waals surface area contributed by atoms with E-state index < -0.39 is 0 Å². The Bertz CT molecular complexity index is 823. The number of hydrogen-bond acceptors (Lipinski definition) is 5. The summed E-state index contributed by atoms with van der Waals surface area (Å²) in [6, 6.07) is 12.5. The maximum atomic E-state index is 12.4. The van der Waals surface area contributed by atoms with Crippen LogP contribution in [0.5, 0.6) is 11.6 Å². The number of para-hydroxylation sites is 1. The molecule has 0 aliphatic heterocycles. The van der Waals surface area contributed by atoms with Crippen molar-refractivity contribution in [1.29, 1.82) is 0 Å². The Kier molecular flexibility index (Phi) is 4.67. The van der Waals surface area contributed by atoms with Crippen LogP contribution in [0.15, 0.2) is 61.1 Å². The number of hydrogen-bond donors (Lipinski definition) is 0. The molecule has 0 aliphatic rings. The molecule has 0 atom stereocenters. The predicted molar refractivity (Wildman–Crippen MR) is 90.5 cm³/mol. The molecule has 2 aromatic heterocycles. The van der Waals surface area contributed by atoms with E-state index in [1.807, 2.05) is 18.2 Å². The number of anilines is 1. The molecule has 0 spiro atoms. The largest absolute Gasteiger partial charge is 0.438 e. The van der Waals surface area contributed by atoms with E-state index in [4.69, 9.17) is 16.3 Å². The minimum atomic E-state index is -0.330. The van der Waals surface area contributed by atoms with E-state index in [0.717, 1.165) is 0 Å². The van der Waals surface area contributed by atoms with Gasteiger partial charge in [-0.25, -0.2) is 15.0 Å². The number of carbonyl (C=O) groups is 1. The molecule has 0 saturated heterocycles. The van der Waals surface area contributed by atoms with Crippen molar-refractivity contribution in [3.63, 3.8) is 0 Å². The van der Waals surface area contributed by atoms with Crippen molar-refractivity contribution in [3.05, 3.63) is 71.8 Å². The van der Waals surface area contributed by atoms with Crippen molar-refractivity contribution in [2.45, 2.75) is 0 Å². The third kappa shape index (κ3) is 3.67. The summed E-state index contributed by atoms with van der Waals surface area (Å²) in [7, 11) is 1.61. The molecule has 1 aromatic carbocycles. The van der Waals surface area contributed by atoms with E-state index in [-0.39, 0.29) is 11.6 Å². The molecule has 7 heteroatoms. The van der Waals surface area contributed by atoms with Crippen LogP contribution in [0, 0.1) is 0 Å². The van der Waals surface area contributed by atoms with Gasteiger partial charge in [0.1, 0.15) is 17.3 Å². The number of aromatic nitrogens is 3. The topological polar surface area (TPSA) is 68.2 Å². The van der Waals surface area contributed by atoms with Crippen molar-refractivity contribution in [2.24, 2.45) is 0 Å². The number of rotatable bonds is 4. The molecule has 2 heterocycles. The van der Waals surface area contributed by atoms with Gasteiger partial charge >= 0.3 is 0 Å².